The van der Waals surface area contributed by atoms with Gasteiger partial charge in [0.15, 0.2) is 0 Å². The Labute approximate surface area is 127 Å². The van der Waals surface area contributed by atoms with E-state index in [1.54, 1.807) is 0 Å². The lowest BCUT2D eigenvalue weighted by Gasteiger charge is -2.27. The Hall–Kier alpha value is -1.67. The highest BCUT2D eigenvalue weighted by molar-refractivity contribution is 5.37. The SMILES string of the molecule is CNC(c1cccc(C2CCC2)c1)c1ccc(C)nc1C. The van der Waals surface area contributed by atoms with E-state index in [4.69, 9.17) is 0 Å². The molecule has 0 radical (unpaired) electrons. The van der Waals surface area contributed by atoms with Crippen molar-refractivity contribution in [3.8, 4) is 0 Å². The van der Waals surface area contributed by atoms with E-state index in [2.05, 4.69) is 53.6 Å². The minimum absolute atomic E-state index is 0.220. The first-order valence-electron chi connectivity index (χ1n) is 7.90. The Bertz CT molecular complexity index is 629. The van der Waals surface area contributed by atoms with Gasteiger partial charge in [-0.3, -0.25) is 4.98 Å². The normalized spacial score (nSPS) is 16.5. The van der Waals surface area contributed by atoms with Crippen molar-refractivity contribution in [3.63, 3.8) is 0 Å². The molecule has 1 N–H and O–H groups in total. The molecule has 1 aromatic carbocycles. The van der Waals surface area contributed by atoms with Crippen LogP contribution in [0.1, 0.15) is 59.3 Å². The van der Waals surface area contributed by atoms with Crippen LogP contribution in [-0.2, 0) is 0 Å². The number of rotatable bonds is 4. The third-order valence-corrected chi connectivity index (χ3v) is 4.69. The third-order valence-electron chi connectivity index (χ3n) is 4.69. The molecule has 0 aliphatic heterocycles. The highest BCUT2D eigenvalue weighted by Gasteiger charge is 2.21. The molecule has 110 valence electrons. The fourth-order valence-electron chi connectivity index (χ4n) is 3.24. The van der Waals surface area contributed by atoms with Gasteiger partial charge in [-0.1, -0.05) is 36.8 Å². The molecule has 1 heterocycles. The number of aromatic nitrogens is 1. The molecule has 0 amide bonds. The monoisotopic (exact) mass is 280 g/mol. The van der Waals surface area contributed by atoms with Gasteiger partial charge in [0.1, 0.15) is 0 Å². The smallest absolute Gasteiger partial charge is 0.0592 e. The van der Waals surface area contributed by atoms with Crippen molar-refractivity contribution in [1.29, 1.82) is 0 Å². The van der Waals surface area contributed by atoms with E-state index in [-0.39, 0.29) is 6.04 Å². The topological polar surface area (TPSA) is 24.9 Å². The maximum Gasteiger partial charge on any atom is 0.0592 e. The molecule has 1 aliphatic carbocycles. The summed E-state index contributed by atoms with van der Waals surface area (Å²) in [4.78, 5) is 4.61. The molecule has 1 unspecified atom stereocenters. The van der Waals surface area contributed by atoms with E-state index in [0.717, 1.165) is 17.3 Å². The molecule has 1 fully saturated rings. The molecule has 0 spiro atoms. The van der Waals surface area contributed by atoms with Gasteiger partial charge in [-0.15, -0.1) is 0 Å². The number of aryl methyl sites for hydroxylation is 2. The maximum absolute atomic E-state index is 4.61. The zero-order valence-electron chi connectivity index (χ0n) is 13.2. The van der Waals surface area contributed by atoms with Gasteiger partial charge in [0.25, 0.3) is 0 Å². The predicted octanol–water partition coefficient (Wildman–Crippen LogP) is 4.27. The number of hydrogen-bond acceptors (Lipinski definition) is 2. The highest BCUT2D eigenvalue weighted by atomic mass is 14.9. The summed E-state index contributed by atoms with van der Waals surface area (Å²) in [6.45, 7) is 4.14. The van der Waals surface area contributed by atoms with Crippen LogP contribution in [0.4, 0.5) is 0 Å². The molecule has 21 heavy (non-hydrogen) atoms. The first kappa shape index (κ1) is 14.3. The minimum atomic E-state index is 0.220. The largest absolute Gasteiger partial charge is 0.309 e. The lowest BCUT2D eigenvalue weighted by atomic mass is 9.79. The van der Waals surface area contributed by atoms with Crippen LogP contribution in [0.25, 0.3) is 0 Å². The second-order valence-electron chi connectivity index (χ2n) is 6.15. The number of benzene rings is 1. The molecule has 2 aromatic rings. The van der Waals surface area contributed by atoms with Gasteiger partial charge >= 0.3 is 0 Å². The van der Waals surface area contributed by atoms with Crippen LogP contribution in [0.15, 0.2) is 36.4 Å². The summed E-state index contributed by atoms with van der Waals surface area (Å²) in [7, 11) is 2.03. The van der Waals surface area contributed by atoms with Crippen molar-refractivity contribution in [2.75, 3.05) is 7.05 Å². The van der Waals surface area contributed by atoms with Crippen LogP contribution >= 0.6 is 0 Å². The van der Waals surface area contributed by atoms with Crippen LogP contribution in [0.3, 0.4) is 0 Å². The molecule has 1 saturated carbocycles. The zero-order valence-corrected chi connectivity index (χ0v) is 13.2. The molecule has 3 rings (SSSR count). The van der Waals surface area contributed by atoms with Gasteiger partial charge in [0.05, 0.1) is 6.04 Å². The zero-order chi connectivity index (χ0) is 14.8. The summed E-state index contributed by atoms with van der Waals surface area (Å²) in [5.41, 5.74) is 6.30. The Balaban J connectivity index is 1.95. The Morgan fingerprint density at radius 2 is 1.95 bits per heavy atom. The van der Waals surface area contributed by atoms with Gasteiger partial charge < -0.3 is 5.32 Å². The molecule has 2 heteroatoms. The molecule has 1 atom stereocenters. The average molecular weight is 280 g/mol. The summed E-state index contributed by atoms with van der Waals surface area (Å²) < 4.78 is 0. The number of nitrogens with one attached hydrogen (secondary N) is 1. The molecular weight excluding hydrogens is 256 g/mol. The second-order valence-corrected chi connectivity index (χ2v) is 6.15. The molecular formula is C19H24N2. The van der Waals surface area contributed by atoms with Crippen LogP contribution in [0.2, 0.25) is 0 Å². The molecule has 2 nitrogen and oxygen atoms in total. The predicted molar refractivity (Wildman–Crippen MR) is 87.6 cm³/mol. The maximum atomic E-state index is 4.61. The number of pyridine rings is 1. The fraction of sp³-hybridized carbons (Fsp3) is 0.421. The quantitative estimate of drug-likeness (QED) is 0.904. The summed E-state index contributed by atoms with van der Waals surface area (Å²) in [5, 5.41) is 3.46. The molecule has 0 saturated heterocycles. The van der Waals surface area contributed by atoms with Crippen LogP contribution in [0, 0.1) is 13.8 Å². The van der Waals surface area contributed by atoms with E-state index >= 15 is 0 Å². The second kappa shape index (κ2) is 5.98. The van der Waals surface area contributed by atoms with Crippen LogP contribution in [0.5, 0.6) is 0 Å². The summed E-state index contributed by atoms with van der Waals surface area (Å²) in [6, 6.07) is 13.6. The Morgan fingerprint density at radius 3 is 2.57 bits per heavy atom. The summed E-state index contributed by atoms with van der Waals surface area (Å²) in [6.07, 6.45) is 4.07. The number of nitrogens with zero attached hydrogens (tertiary/aromatic N) is 1. The van der Waals surface area contributed by atoms with Gasteiger partial charge in [0, 0.05) is 11.4 Å². The van der Waals surface area contributed by atoms with Crippen LogP contribution < -0.4 is 5.32 Å². The van der Waals surface area contributed by atoms with Gasteiger partial charge in [-0.05, 0) is 62.4 Å². The first-order valence-corrected chi connectivity index (χ1v) is 7.90. The Morgan fingerprint density at radius 1 is 1.14 bits per heavy atom. The minimum Gasteiger partial charge on any atom is -0.309 e. The van der Waals surface area contributed by atoms with E-state index in [0.29, 0.717) is 0 Å². The van der Waals surface area contributed by atoms with Gasteiger partial charge in [0.2, 0.25) is 0 Å². The van der Waals surface area contributed by atoms with Crippen molar-refractivity contribution in [1.82, 2.24) is 10.3 Å². The summed E-state index contributed by atoms with van der Waals surface area (Å²) >= 11 is 0. The lowest BCUT2D eigenvalue weighted by molar-refractivity contribution is 0.419. The molecule has 1 aliphatic rings. The molecule has 1 aromatic heterocycles. The van der Waals surface area contributed by atoms with Crippen molar-refractivity contribution in [2.45, 2.75) is 45.1 Å². The highest BCUT2D eigenvalue weighted by Crippen LogP contribution is 2.37. The van der Waals surface area contributed by atoms with E-state index in [9.17, 15) is 0 Å². The number of hydrogen-bond donors (Lipinski definition) is 1. The van der Waals surface area contributed by atoms with Crippen molar-refractivity contribution in [3.05, 3.63) is 64.5 Å². The average Bonchev–Trinajstić information content (AvgIpc) is 2.40. The molecule has 0 bridgehead atoms. The van der Waals surface area contributed by atoms with Crippen molar-refractivity contribution < 1.29 is 0 Å². The fourth-order valence-corrected chi connectivity index (χ4v) is 3.24. The first-order chi connectivity index (χ1) is 10.2. The lowest BCUT2D eigenvalue weighted by Crippen LogP contribution is -2.20. The van der Waals surface area contributed by atoms with Crippen molar-refractivity contribution in [2.24, 2.45) is 0 Å². The summed E-state index contributed by atoms with van der Waals surface area (Å²) in [5.74, 6) is 0.777. The van der Waals surface area contributed by atoms with E-state index in [1.807, 2.05) is 14.0 Å². The standard InChI is InChI=1S/C19H24N2/c1-13-10-11-18(14(2)21-13)19(20-3)17-9-5-8-16(12-17)15-6-4-7-15/h5,8-12,15,19-20H,4,6-7H2,1-3H3. The van der Waals surface area contributed by atoms with Crippen molar-refractivity contribution >= 4 is 0 Å². The van der Waals surface area contributed by atoms with Gasteiger partial charge in [-0.25, -0.2) is 0 Å². The van der Waals surface area contributed by atoms with E-state index < -0.39 is 0 Å². The van der Waals surface area contributed by atoms with Crippen LogP contribution in [-0.4, -0.2) is 12.0 Å². The Kier molecular flexibility index (Phi) is 4.07. The third kappa shape index (κ3) is 2.86. The van der Waals surface area contributed by atoms with Gasteiger partial charge in [-0.2, -0.15) is 0 Å². The van der Waals surface area contributed by atoms with E-state index in [1.165, 1.54) is 36.0 Å².